The first-order valence-electron chi connectivity index (χ1n) is 9.75. The average molecular weight is 448 g/mol. The molecule has 31 heavy (non-hydrogen) atoms. The molecule has 0 heterocycles. The number of methoxy groups -OCH3 is 1. The maximum atomic E-state index is 14.0. The second-order valence-corrected chi connectivity index (χ2v) is 8.75. The van der Waals surface area contributed by atoms with Crippen molar-refractivity contribution in [3.05, 3.63) is 83.9 Å². The summed E-state index contributed by atoms with van der Waals surface area (Å²) in [5.74, 6) is -0.423. The molecule has 0 aliphatic heterocycles. The number of anilines is 1. The van der Waals surface area contributed by atoms with Gasteiger partial charge in [0.05, 0.1) is 17.9 Å². The molecule has 1 unspecified atom stereocenters. The van der Waals surface area contributed by atoms with Crippen LogP contribution in [0.25, 0.3) is 0 Å². The van der Waals surface area contributed by atoms with Crippen LogP contribution in [-0.4, -0.2) is 23.5 Å². The smallest absolute Gasteiger partial charge is 0.409 e. The van der Waals surface area contributed by atoms with Crippen molar-refractivity contribution < 1.29 is 22.1 Å². The largest absolute Gasteiger partial charge is 0.497 e. The van der Waals surface area contributed by atoms with Crippen molar-refractivity contribution in [2.75, 3.05) is 12.4 Å². The van der Waals surface area contributed by atoms with Crippen molar-refractivity contribution in [3.63, 3.8) is 0 Å². The Bertz CT molecular complexity index is 1030. The average Bonchev–Trinajstić information content (AvgIpc) is 2.76. The monoisotopic (exact) mass is 447 g/mol. The lowest BCUT2D eigenvalue weighted by atomic mass is 9.92. The summed E-state index contributed by atoms with van der Waals surface area (Å²) in [6, 6.07) is 18.2. The molecule has 0 amide bonds. The lowest BCUT2D eigenvalue weighted by Crippen LogP contribution is -2.40. The molecule has 0 bridgehead atoms. The van der Waals surface area contributed by atoms with Crippen LogP contribution in [0.4, 0.5) is 18.9 Å². The highest BCUT2D eigenvalue weighted by molar-refractivity contribution is 7.85. The number of hydrogen-bond donors (Lipinski definition) is 1. The van der Waals surface area contributed by atoms with Crippen LogP contribution < -0.4 is 10.1 Å². The predicted molar refractivity (Wildman–Crippen MR) is 117 cm³/mol. The molecule has 0 radical (unpaired) electrons. The summed E-state index contributed by atoms with van der Waals surface area (Å²) in [4.78, 5) is 0.932. The molecule has 164 valence electrons. The first-order valence-corrected chi connectivity index (χ1v) is 10.9. The number of rotatable bonds is 7. The van der Waals surface area contributed by atoms with E-state index < -0.39 is 28.9 Å². The second-order valence-electron chi connectivity index (χ2n) is 7.30. The Labute approximate surface area is 182 Å². The lowest BCUT2D eigenvalue weighted by molar-refractivity contribution is -0.146. The van der Waals surface area contributed by atoms with E-state index in [4.69, 9.17) is 4.74 Å². The van der Waals surface area contributed by atoms with Crippen molar-refractivity contribution in [1.82, 2.24) is 0 Å². The summed E-state index contributed by atoms with van der Waals surface area (Å²) in [5, 5.41) is 2.60. The van der Waals surface area contributed by atoms with E-state index in [2.05, 4.69) is 5.32 Å². The first-order chi connectivity index (χ1) is 14.7. The summed E-state index contributed by atoms with van der Waals surface area (Å²) in [5.41, 5.74) is 1.74. The zero-order valence-electron chi connectivity index (χ0n) is 17.4. The third-order valence-electron chi connectivity index (χ3n) is 5.11. The van der Waals surface area contributed by atoms with Gasteiger partial charge in [-0.05, 0) is 55.0 Å². The van der Waals surface area contributed by atoms with Gasteiger partial charge in [-0.3, -0.25) is 0 Å². The molecular weight excluding hydrogens is 423 g/mol. The summed E-state index contributed by atoms with van der Waals surface area (Å²) in [6.45, 7) is 3.42. The molecular formula is C24H24F3NO2S. The van der Waals surface area contributed by atoms with Gasteiger partial charge in [-0.25, -0.2) is 4.21 Å². The third-order valence-corrected chi connectivity index (χ3v) is 6.58. The number of halogens is 3. The summed E-state index contributed by atoms with van der Waals surface area (Å²) >= 11 is 0. The number of nitrogens with one attached hydrogen (secondary N) is 1. The van der Waals surface area contributed by atoms with E-state index >= 15 is 0 Å². The van der Waals surface area contributed by atoms with Gasteiger partial charge in [0.15, 0.2) is 0 Å². The fourth-order valence-corrected chi connectivity index (χ4v) is 4.66. The number of ether oxygens (including phenoxy) is 1. The van der Waals surface area contributed by atoms with E-state index in [1.54, 1.807) is 60.7 Å². The number of hydrogen-bond acceptors (Lipinski definition) is 3. The van der Waals surface area contributed by atoms with E-state index in [9.17, 15) is 17.4 Å². The molecule has 0 saturated heterocycles. The van der Waals surface area contributed by atoms with Gasteiger partial charge in [0.1, 0.15) is 11.8 Å². The first kappa shape index (κ1) is 22.9. The topological polar surface area (TPSA) is 38.3 Å². The molecule has 3 atom stereocenters. The Morgan fingerprint density at radius 1 is 0.935 bits per heavy atom. The SMILES string of the molecule is COc1ccc(N[C@@H]([C@@H](C)c2ccccc2S(=O)c2ccc(C)cc2)C(F)(F)F)cc1. The number of benzene rings is 3. The van der Waals surface area contributed by atoms with E-state index in [-0.39, 0.29) is 0 Å². The van der Waals surface area contributed by atoms with Crippen molar-refractivity contribution in [2.45, 2.75) is 41.8 Å². The minimum absolute atomic E-state index is 0.326. The molecule has 0 fully saturated rings. The summed E-state index contributed by atoms with van der Waals surface area (Å²) in [7, 11) is -0.0988. The Hall–Kier alpha value is -2.80. The van der Waals surface area contributed by atoms with Gasteiger partial charge >= 0.3 is 6.18 Å². The molecule has 0 aromatic heterocycles. The molecule has 0 spiro atoms. The van der Waals surface area contributed by atoms with Crippen LogP contribution in [0, 0.1) is 6.92 Å². The maximum Gasteiger partial charge on any atom is 0.409 e. The van der Waals surface area contributed by atoms with Gasteiger partial charge in [-0.15, -0.1) is 0 Å². The zero-order chi connectivity index (χ0) is 22.6. The van der Waals surface area contributed by atoms with Crippen LogP contribution in [0.15, 0.2) is 82.6 Å². The van der Waals surface area contributed by atoms with Gasteiger partial charge in [-0.1, -0.05) is 42.8 Å². The summed E-state index contributed by atoms with van der Waals surface area (Å²) in [6.07, 6.45) is -4.52. The van der Waals surface area contributed by atoms with Gasteiger partial charge in [0.25, 0.3) is 0 Å². The fourth-order valence-electron chi connectivity index (χ4n) is 3.35. The second kappa shape index (κ2) is 9.56. The van der Waals surface area contributed by atoms with E-state index in [1.807, 2.05) is 19.1 Å². The number of alkyl halides is 3. The molecule has 0 aliphatic carbocycles. The maximum absolute atomic E-state index is 14.0. The van der Waals surface area contributed by atoms with Gasteiger partial charge < -0.3 is 10.1 Å². The molecule has 7 heteroatoms. The van der Waals surface area contributed by atoms with Crippen molar-refractivity contribution in [3.8, 4) is 5.75 Å². The van der Waals surface area contributed by atoms with E-state index in [1.165, 1.54) is 14.0 Å². The predicted octanol–water partition coefficient (Wildman–Crippen LogP) is 6.32. The van der Waals surface area contributed by atoms with Crippen LogP contribution >= 0.6 is 0 Å². The highest BCUT2D eigenvalue weighted by atomic mass is 32.2. The standard InChI is InChI=1S/C24H24F3NO2S/c1-16-8-14-20(15-9-16)31(29)22-7-5-4-6-21(22)17(2)23(24(25,26)27)28-18-10-12-19(30-3)13-11-18/h4-15,17,23,28H,1-3H3/t17-,23-,31?/m0/s1. The Kier molecular flexibility index (Phi) is 7.05. The normalized spacial score (nSPS) is 14.5. The van der Waals surface area contributed by atoms with Crippen LogP contribution in [0.2, 0.25) is 0 Å². The third kappa shape index (κ3) is 5.47. The van der Waals surface area contributed by atoms with Gasteiger partial charge in [-0.2, -0.15) is 13.2 Å². The van der Waals surface area contributed by atoms with Gasteiger partial charge in [0, 0.05) is 21.4 Å². The van der Waals surface area contributed by atoms with Crippen LogP contribution in [0.1, 0.15) is 24.0 Å². The van der Waals surface area contributed by atoms with Crippen molar-refractivity contribution in [1.29, 1.82) is 0 Å². The van der Waals surface area contributed by atoms with E-state index in [0.29, 0.717) is 26.8 Å². The minimum atomic E-state index is -4.52. The highest BCUT2D eigenvalue weighted by Gasteiger charge is 2.44. The minimum Gasteiger partial charge on any atom is -0.497 e. The molecule has 3 nitrogen and oxygen atoms in total. The molecule has 3 aromatic carbocycles. The van der Waals surface area contributed by atoms with Crippen molar-refractivity contribution >= 4 is 16.5 Å². The molecule has 0 saturated carbocycles. The van der Waals surface area contributed by atoms with Gasteiger partial charge in [0.2, 0.25) is 0 Å². The fraction of sp³-hybridized carbons (Fsp3) is 0.250. The molecule has 3 aromatic rings. The Balaban J connectivity index is 1.95. The highest BCUT2D eigenvalue weighted by Crippen LogP contribution is 2.37. The van der Waals surface area contributed by atoms with Crippen LogP contribution in [0.3, 0.4) is 0 Å². The van der Waals surface area contributed by atoms with Crippen molar-refractivity contribution in [2.24, 2.45) is 0 Å². The summed E-state index contributed by atoms with van der Waals surface area (Å²) < 4.78 is 60.3. The molecule has 3 rings (SSSR count). The number of aryl methyl sites for hydroxylation is 1. The molecule has 0 aliphatic rings. The Morgan fingerprint density at radius 2 is 1.55 bits per heavy atom. The quantitative estimate of drug-likeness (QED) is 0.461. The lowest BCUT2D eigenvalue weighted by Gasteiger charge is -2.29. The van der Waals surface area contributed by atoms with Crippen LogP contribution in [0.5, 0.6) is 5.75 Å². The molecule has 1 N–H and O–H groups in total. The van der Waals surface area contributed by atoms with E-state index in [0.717, 1.165) is 5.56 Å². The Morgan fingerprint density at radius 3 is 2.13 bits per heavy atom. The zero-order valence-corrected chi connectivity index (χ0v) is 18.3. The van der Waals surface area contributed by atoms with Crippen LogP contribution in [-0.2, 0) is 10.8 Å².